The van der Waals surface area contributed by atoms with Crippen LogP contribution in [-0.4, -0.2) is 6.79 Å². The van der Waals surface area contributed by atoms with Gasteiger partial charge in [-0.25, -0.2) is 0 Å². The number of hydrogen-bond acceptors (Lipinski definition) is 3. The summed E-state index contributed by atoms with van der Waals surface area (Å²) in [5.74, 6) is 1.36. The Hall–Kier alpha value is -0.930. The van der Waals surface area contributed by atoms with Crippen molar-refractivity contribution >= 4 is 11.6 Å². The number of hydrogen-bond donors (Lipinski definition) is 1. The summed E-state index contributed by atoms with van der Waals surface area (Å²) in [5, 5.41) is 0.594. The van der Waals surface area contributed by atoms with E-state index in [9.17, 15) is 0 Å². The first kappa shape index (κ1) is 9.31. The zero-order chi connectivity index (χ0) is 10.5. The summed E-state index contributed by atoms with van der Waals surface area (Å²) in [5.41, 5.74) is 7.09. The van der Waals surface area contributed by atoms with Crippen molar-refractivity contribution in [3.8, 4) is 11.5 Å². The number of nitrogens with two attached hydrogens (primary N) is 1. The van der Waals surface area contributed by atoms with Gasteiger partial charge in [-0.3, -0.25) is 0 Å². The number of ether oxygens (including phenoxy) is 2. The van der Waals surface area contributed by atoms with E-state index in [1.54, 1.807) is 0 Å². The quantitative estimate of drug-likeness (QED) is 0.798. The van der Waals surface area contributed by atoms with Crippen LogP contribution < -0.4 is 15.2 Å². The first-order valence-electron chi connectivity index (χ1n) is 5.08. The van der Waals surface area contributed by atoms with E-state index in [2.05, 4.69) is 0 Å². The molecule has 1 aliphatic heterocycles. The van der Waals surface area contributed by atoms with E-state index in [0.29, 0.717) is 16.5 Å². The second-order valence-corrected chi connectivity index (χ2v) is 4.61. The lowest BCUT2D eigenvalue weighted by Gasteiger charge is -2.38. The van der Waals surface area contributed by atoms with Gasteiger partial charge in [-0.2, -0.15) is 0 Å². The van der Waals surface area contributed by atoms with Crippen molar-refractivity contribution < 1.29 is 9.47 Å². The summed E-state index contributed by atoms with van der Waals surface area (Å²) >= 11 is 6.10. The zero-order valence-electron chi connectivity index (χ0n) is 8.25. The van der Waals surface area contributed by atoms with Crippen LogP contribution in [0.15, 0.2) is 12.1 Å². The molecule has 1 aromatic carbocycles. The molecule has 1 heterocycles. The summed E-state index contributed by atoms with van der Waals surface area (Å²) in [4.78, 5) is 0. The Morgan fingerprint density at radius 2 is 2.07 bits per heavy atom. The van der Waals surface area contributed by atoms with Gasteiger partial charge in [0.25, 0.3) is 0 Å². The Labute approximate surface area is 93.1 Å². The van der Waals surface area contributed by atoms with E-state index in [-0.39, 0.29) is 12.3 Å². The van der Waals surface area contributed by atoms with Crippen molar-refractivity contribution in [3.63, 3.8) is 0 Å². The number of rotatable bonds is 1. The van der Waals surface area contributed by atoms with Crippen molar-refractivity contribution in [1.29, 1.82) is 0 Å². The van der Waals surface area contributed by atoms with Crippen molar-refractivity contribution in [3.05, 3.63) is 22.7 Å². The number of benzene rings is 1. The van der Waals surface area contributed by atoms with Crippen molar-refractivity contribution in [1.82, 2.24) is 0 Å². The second kappa shape index (κ2) is 3.03. The van der Waals surface area contributed by atoms with Gasteiger partial charge in [-0.05, 0) is 37.0 Å². The standard InChI is InChI=1S/C11H12ClNO2/c12-8-4-7(11(13)2-1-3-11)5-9-10(8)15-6-14-9/h4-5H,1-3,6,13H2. The van der Waals surface area contributed by atoms with Gasteiger partial charge < -0.3 is 15.2 Å². The minimum absolute atomic E-state index is 0.204. The molecule has 0 unspecified atom stereocenters. The lowest BCUT2D eigenvalue weighted by atomic mass is 9.73. The van der Waals surface area contributed by atoms with Crippen LogP contribution in [0.5, 0.6) is 11.5 Å². The predicted octanol–water partition coefficient (Wildman–Crippen LogP) is 2.41. The summed E-state index contributed by atoms with van der Waals surface area (Å²) in [6.07, 6.45) is 3.22. The van der Waals surface area contributed by atoms with Crippen LogP contribution in [-0.2, 0) is 5.54 Å². The van der Waals surface area contributed by atoms with E-state index < -0.39 is 0 Å². The van der Waals surface area contributed by atoms with Gasteiger partial charge in [0.15, 0.2) is 11.5 Å². The minimum atomic E-state index is -0.204. The zero-order valence-corrected chi connectivity index (χ0v) is 9.01. The Morgan fingerprint density at radius 1 is 1.27 bits per heavy atom. The Kier molecular flexibility index (Phi) is 1.88. The lowest BCUT2D eigenvalue weighted by Crippen LogP contribution is -2.43. The van der Waals surface area contributed by atoms with Crippen LogP contribution in [0.4, 0.5) is 0 Å². The molecule has 0 bridgehead atoms. The van der Waals surface area contributed by atoms with Crippen LogP contribution in [0.1, 0.15) is 24.8 Å². The third kappa shape index (κ3) is 1.30. The highest BCUT2D eigenvalue weighted by molar-refractivity contribution is 6.32. The van der Waals surface area contributed by atoms with Gasteiger partial charge in [0.1, 0.15) is 0 Å². The third-order valence-corrected chi connectivity index (χ3v) is 3.53. The Bertz CT molecular complexity index is 415. The molecule has 0 spiro atoms. The molecule has 0 aromatic heterocycles. The topological polar surface area (TPSA) is 44.5 Å². The van der Waals surface area contributed by atoms with E-state index >= 15 is 0 Å². The molecule has 0 saturated heterocycles. The molecule has 2 aliphatic rings. The molecule has 0 atom stereocenters. The van der Waals surface area contributed by atoms with E-state index in [0.717, 1.165) is 18.4 Å². The number of fused-ring (bicyclic) bond motifs is 1. The second-order valence-electron chi connectivity index (χ2n) is 4.20. The van der Waals surface area contributed by atoms with Gasteiger partial charge in [0.2, 0.25) is 6.79 Å². The number of halogens is 1. The molecule has 1 aliphatic carbocycles. The largest absolute Gasteiger partial charge is 0.454 e. The van der Waals surface area contributed by atoms with E-state index in [4.69, 9.17) is 26.8 Å². The normalized spacial score (nSPS) is 21.2. The van der Waals surface area contributed by atoms with Crippen LogP contribution in [0.3, 0.4) is 0 Å². The summed E-state index contributed by atoms with van der Waals surface area (Å²) in [6, 6.07) is 3.85. The average molecular weight is 226 g/mol. The highest BCUT2D eigenvalue weighted by Crippen LogP contribution is 2.46. The third-order valence-electron chi connectivity index (χ3n) is 3.25. The fourth-order valence-electron chi connectivity index (χ4n) is 2.10. The van der Waals surface area contributed by atoms with Crippen LogP contribution in [0.25, 0.3) is 0 Å². The smallest absolute Gasteiger partial charge is 0.231 e. The fraction of sp³-hybridized carbons (Fsp3) is 0.455. The Balaban J connectivity index is 2.07. The molecule has 1 fully saturated rings. The monoisotopic (exact) mass is 225 g/mol. The summed E-state index contributed by atoms with van der Waals surface area (Å²) in [7, 11) is 0. The SMILES string of the molecule is NC1(c2cc(Cl)c3c(c2)OCO3)CCC1. The maximum atomic E-state index is 6.23. The average Bonchev–Trinajstić information content (AvgIpc) is 2.62. The van der Waals surface area contributed by atoms with Gasteiger partial charge >= 0.3 is 0 Å². The molecule has 0 amide bonds. The first-order valence-corrected chi connectivity index (χ1v) is 5.45. The summed E-state index contributed by atoms with van der Waals surface area (Å²) in [6.45, 7) is 0.246. The molecule has 3 nitrogen and oxygen atoms in total. The molecule has 0 radical (unpaired) electrons. The summed E-state index contributed by atoms with van der Waals surface area (Å²) < 4.78 is 10.6. The molecule has 4 heteroatoms. The van der Waals surface area contributed by atoms with E-state index in [1.807, 2.05) is 12.1 Å². The molecular formula is C11H12ClNO2. The predicted molar refractivity (Wildman–Crippen MR) is 57.3 cm³/mol. The lowest BCUT2D eigenvalue weighted by molar-refractivity contribution is 0.173. The molecule has 3 rings (SSSR count). The molecule has 1 saturated carbocycles. The van der Waals surface area contributed by atoms with Crippen LogP contribution in [0.2, 0.25) is 5.02 Å². The fourth-order valence-corrected chi connectivity index (χ4v) is 2.37. The first-order chi connectivity index (χ1) is 7.19. The molecular weight excluding hydrogens is 214 g/mol. The van der Waals surface area contributed by atoms with Gasteiger partial charge in [-0.15, -0.1) is 0 Å². The maximum absolute atomic E-state index is 6.23. The maximum Gasteiger partial charge on any atom is 0.231 e. The van der Waals surface area contributed by atoms with Crippen LogP contribution >= 0.6 is 11.6 Å². The van der Waals surface area contributed by atoms with Crippen molar-refractivity contribution in [2.24, 2.45) is 5.73 Å². The van der Waals surface area contributed by atoms with Crippen molar-refractivity contribution in [2.45, 2.75) is 24.8 Å². The molecule has 1 aromatic rings. The van der Waals surface area contributed by atoms with Gasteiger partial charge in [0, 0.05) is 5.54 Å². The highest BCUT2D eigenvalue weighted by atomic mass is 35.5. The van der Waals surface area contributed by atoms with Gasteiger partial charge in [0.05, 0.1) is 5.02 Å². The highest BCUT2D eigenvalue weighted by Gasteiger charge is 2.36. The molecule has 15 heavy (non-hydrogen) atoms. The molecule has 2 N–H and O–H groups in total. The van der Waals surface area contributed by atoms with Gasteiger partial charge in [-0.1, -0.05) is 11.6 Å². The Morgan fingerprint density at radius 3 is 2.73 bits per heavy atom. The van der Waals surface area contributed by atoms with Crippen LogP contribution in [0, 0.1) is 0 Å². The van der Waals surface area contributed by atoms with E-state index in [1.165, 1.54) is 6.42 Å². The minimum Gasteiger partial charge on any atom is -0.454 e. The molecule has 80 valence electrons. The van der Waals surface area contributed by atoms with Crippen molar-refractivity contribution in [2.75, 3.05) is 6.79 Å².